The van der Waals surface area contributed by atoms with Gasteiger partial charge in [0.2, 0.25) is 0 Å². The fourth-order valence-electron chi connectivity index (χ4n) is 2.49. The standard InChI is InChI=1S/C18H22FNO/c1-12-8-16(9-13(2)18(12)21)11-20-14(3)10-15-4-6-17(19)7-5-15/h4-9,14,20-21H,10-11H2,1-3H3. The van der Waals surface area contributed by atoms with Crippen LogP contribution in [0, 0.1) is 19.7 Å². The molecule has 2 aromatic carbocycles. The van der Waals surface area contributed by atoms with Crippen molar-refractivity contribution in [1.29, 1.82) is 0 Å². The van der Waals surface area contributed by atoms with Gasteiger partial charge in [0.25, 0.3) is 0 Å². The Morgan fingerprint density at radius 1 is 1.05 bits per heavy atom. The van der Waals surface area contributed by atoms with Crippen LogP contribution < -0.4 is 5.32 Å². The minimum absolute atomic E-state index is 0.200. The number of aromatic hydroxyl groups is 1. The van der Waals surface area contributed by atoms with E-state index in [0.717, 1.165) is 35.2 Å². The van der Waals surface area contributed by atoms with Crippen molar-refractivity contribution >= 4 is 0 Å². The minimum atomic E-state index is -0.200. The number of halogens is 1. The highest BCUT2D eigenvalue weighted by atomic mass is 19.1. The molecule has 2 N–H and O–H groups in total. The summed E-state index contributed by atoms with van der Waals surface area (Å²) >= 11 is 0. The molecule has 0 saturated heterocycles. The van der Waals surface area contributed by atoms with Crippen molar-refractivity contribution in [3.8, 4) is 5.75 Å². The van der Waals surface area contributed by atoms with Crippen LogP contribution in [0.1, 0.15) is 29.2 Å². The fraction of sp³-hybridized carbons (Fsp3) is 0.333. The van der Waals surface area contributed by atoms with Gasteiger partial charge in [0.15, 0.2) is 0 Å². The van der Waals surface area contributed by atoms with Crippen molar-refractivity contribution in [2.24, 2.45) is 0 Å². The minimum Gasteiger partial charge on any atom is -0.507 e. The quantitative estimate of drug-likeness (QED) is 0.875. The molecule has 0 aliphatic carbocycles. The van der Waals surface area contributed by atoms with E-state index < -0.39 is 0 Å². The number of benzene rings is 2. The molecule has 1 unspecified atom stereocenters. The van der Waals surface area contributed by atoms with Gasteiger partial charge in [0.1, 0.15) is 11.6 Å². The Balaban J connectivity index is 1.92. The third-order valence-corrected chi connectivity index (χ3v) is 3.66. The number of rotatable bonds is 5. The van der Waals surface area contributed by atoms with Crippen molar-refractivity contribution in [2.75, 3.05) is 0 Å². The van der Waals surface area contributed by atoms with E-state index >= 15 is 0 Å². The predicted molar refractivity (Wildman–Crippen MR) is 84.0 cm³/mol. The van der Waals surface area contributed by atoms with Gasteiger partial charge in [-0.15, -0.1) is 0 Å². The summed E-state index contributed by atoms with van der Waals surface area (Å²) in [7, 11) is 0. The average Bonchev–Trinajstić information content (AvgIpc) is 2.45. The maximum atomic E-state index is 12.9. The second-order valence-corrected chi connectivity index (χ2v) is 5.69. The molecule has 0 fully saturated rings. The molecule has 3 heteroatoms. The molecule has 2 aromatic rings. The molecule has 0 radical (unpaired) electrons. The van der Waals surface area contributed by atoms with Gasteiger partial charge in [-0.05, 0) is 61.6 Å². The lowest BCUT2D eigenvalue weighted by Crippen LogP contribution is -2.27. The number of hydrogen-bond acceptors (Lipinski definition) is 2. The lowest BCUT2D eigenvalue weighted by atomic mass is 10.0. The van der Waals surface area contributed by atoms with Gasteiger partial charge < -0.3 is 10.4 Å². The highest BCUT2D eigenvalue weighted by molar-refractivity contribution is 5.42. The molecule has 2 rings (SSSR count). The van der Waals surface area contributed by atoms with Gasteiger partial charge in [-0.2, -0.15) is 0 Å². The summed E-state index contributed by atoms with van der Waals surface area (Å²) in [4.78, 5) is 0. The molecule has 0 heterocycles. The monoisotopic (exact) mass is 287 g/mol. The second kappa shape index (κ2) is 6.72. The lowest BCUT2D eigenvalue weighted by Gasteiger charge is -2.15. The maximum Gasteiger partial charge on any atom is 0.123 e. The van der Waals surface area contributed by atoms with E-state index in [1.54, 1.807) is 0 Å². The third kappa shape index (κ3) is 4.30. The van der Waals surface area contributed by atoms with Crippen LogP contribution in [-0.2, 0) is 13.0 Å². The molecule has 0 aromatic heterocycles. The molecular formula is C18H22FNO. The Hall–Kier alpha value is -1.87. The van der Waals surface area contributed by atoms with Crippen LogP contribution in [0.25, 0.3) is 0 Å². The van der Waals surface area contributed by atoms with E-state index in [1.165, 1.54) is 12.1 Å². The van der Waals surface area contributed by atoms with Gasteiger partial charge in [0.05, 0.1) is 0 Å². The van der Waals surface area contributed by atoms with Crippen LogP contribution in [-0.4, -0.2) is 11.1 Å². The Labute approximate surface area is 125 Å². The first-order valence-electron chi connectivity index (χ1n) is 7.22. The van der Waals surface area contributed by atoms with E-state index in [4.69, 9.17) is 0 Å². The van der Waals surface area contributed by atoms with Crippen LogP contribution >= 0.6 is 0 Å². The van der Waals surface area contributed by atoms with Gasteiger partial charge in [0, 0.05) is 12.6 Å². The van der Waals surface area contributed by atoms with Crippen LogP contribution in [0.4, 0.5) is 4.39 Å². The molecule has 0 spiro atoms. The predicted octanol–water partition coefficient (Wildman–Crippen LogP) is 3.87. The molecule has 0 aliphatic heterocycles. The molecular weight excluding hydrogens is 265 g/mol. The molecule has 21 heavy (non-hydrogen) atoms. The van der Waals surface area contributed by atoms with E-state index in [9.17, 15) is 9.50 Å². The first kappa shape index (κ1) is 15.5. The summed E-state index contributed by atoms with van der Waals surface area (Å²) in [5.74, 6) is 0.174. The number of hydrogen-bond donors (Lipinski definition) is 2. The number of phenolic OH excluding ortho intramolecular Hbond substituents is 1. The van der Waals surface area contributed by atoms with E-state index in [0.29, 0.717) is 11.8 Å². The summed E-state index contributed by atoms with van der Waals surface area (Å²) in [5.41, 5.74) is 4.08. The topological polar surface area (TPSA) is 32.3 Å². The third-order valence-electron chi connectivity index (χ3n) is 3.66. The first-order valence-corrected chi connectivity index (χ1v) is 7.22. The number of nitrogens with one attached hydrogen (secondary N) is 1. The van der Waals surface area contributed by atoms with E-state index in [1.807, 2.05) is 38.1 Å². The molecule has 112 valence electrons. The smallest absolute Gasteiger partial charge is 0.123 e. The van der Waals surface area contributed by atoms with Gasteiger partial charge in [-0.3, -0.25) is 0 Å². The maximum absolute atomic E-state index is 12.9. The zero-order chi connectivity index (χ0) is 15.4. The van der Waals surface area contributed by atoms with Gasteiger partial charge >= 0.3 is 0 Å². The Morgan fingerprint density at radius 3 is 2.19 bits per heavy atom. The van der Waals surface area contributed by atoms with Crippen molar-refractivity contribution < 1.29 is 9.50 Å². The zero-order valence-electron chi connectivity index (χ0n) is 12.8. The normalized spacial score (nSPS) is 12.4. The number of aryl methyl sites for hydroxylation is 2. The Bertz CT molecular complexity index is 584. The van der Waals surface area contributed by atoms with Crippen molar-refractivity contribution in [3.63, 3.8) is 0 Å². The zero-order valence-corrected chi connectivity index (χ0v) is 12.8. The molecule has 0 saturated carbocycles. The highest BCUT2D eigenvalue weighted by Gasteiger charge is 2.06. The fourth-order valence-corrected chi connectivity index (χ4v) is 2.49. The van der Waals surface area contributed by atoms with Crippen LogP contribution in [0.5, 0.6) is 5.75 Å². The van der Waals surface area contributed by atoms with Crippen molar-refractivity contribution in [2.45, 2.75) is 39.8 Å². The first-order chi connectivity index (χ1) is 9.95. The van der Waals surface area contributed by atoms with Gasteiger partial charge in [-0.1, -0.05) is 24.3 Å². The van der Waals surface area contributed by atoms with E-state index in [-0.39, 0.29) is 5.82 Å². The molecule has 0 bridgehead atoms. The van der Waals surface area contributed by atoms with Crippen molar-refractivity contribution in [3.05, 3.63) is 64.5 Å². The summed E-state index contributed by atoms with van der Waals surface area (Å²) in [6, 6.07) is 10.9. The summed E-state index contributed by atoms with van der Waals surface area (Å²) in [6.07, 6.45) is 0.857. The number of phenols is 1. The van der Waals surface area contributed by atoms with Crippen LogP contribution in [0.15, 0.2) is 36.4 Å². The molecule has 0 amide bonds. The second-order valence-electron chi connectivity index (χ2n) is 5.69. The van der Waals surface area contributed by atoms with Crippen molar-refractivity contribution in [1.82, 2.24) is 5.32 Å². The van der Waals surface area contributed by atoms with Crippen LogP contribution in [0.3, 0.4) is 0 Å². The van der Waals surface area contributed by atoms with E-state index in [2.05, 4.69) is 12.2 Å². The average molecular weight is 287 g/mol. The lowest BCUT2D eigenvalue weighted by molar-refractivity contribution is 0.466. The summed E-state index contributed by atoms with van der Waals surface area (Å²) in [6.45, 7) is 6.69. The largest absolute Gasteiger partial charge is 0.507 e. The highest BCUT2D eigenvalue weighted by Crippen LogP contribution is 2.22. The molecule has 2 nitrogen and oxygen atoms in total. The van der Waals surface area contributed by atoms with Gasteiger partial charge in [-0.25, -0.2) is 4.39 Å². The Morgan fingerprint density at radius 2 is 1.62 bits per heavy atom. The summed E-state index contributed by atoms with van der Waals surface area (Å²) in [5, 5.41) is 13.2. The molecule has 1 atom stereocenters. The SMILES string of the molecule is Cc1cc(CNC(C)Cc2ccc(F)cc2)cc(C)c1O. The molecule has 0 aliphatic rings. The van der Waals surface area contributed by atoms with Crippen LogP contribution in [0.2, 0.25) is 0 Å². The summed E-state index contributed by atoms with van der Waals surface area (Å²) < 4.78 is 12.9. The Kier molecular flexibility index (Phi) is 4.97.